The largest absolute Gasteiger partial charge is 0.468 e. The number of rotatable bonds is 11. The van der Waals surface area contributed by atoms with Crippen molar-refractivity contribution in [1.82, 2.24) is 10.2 Å². The van der Waals surface area contributed by atoms with Crippen LogP contribution in [0.1, 0.15) is 20.3 Å². The van der Waals surface area contributed by atoms with Gasteiger partial charge < -0.3 is 19.5 Å². The van der Waals surface area contributed by atoms with Crippen LogP contribution in [-0.4, -0.2) is 77.1 Å². The van der Waals surface area contributed by atoms with Crippen LogP contribution in [0.25, 0.3) is 0 Å². The molecule has 2 atom stereocenters. The molecule has 2 unspecified atom stereocenters. The molecular formula is C14H30N2O4. The molecule has 6 heteroatoms. The molecule has 1 N–H and O–H groups in total. The number of carbonyl (C=O) groups is 1. The highest BCUT2D eigenvalue weighted by molar-refractivity contribution is 5.80. The molecule has 0 aromatic heterocycles. The van der Waals surface area contributed by atoms with Gasteiger partial charge >= 0.3 is 5.97 Å². The lowest BCUT2D eigenvalue weighted by atomic mass is 9.97. The molecule has 0 spiro atoms. The molecule has 6 nitrogen and oxygen atoms in total. The van der Waals surface area contributed by atoms with Crippen LogP contribution in [0.2, 0.25) is 0 Å². The smallest absolute Gasteiger partial charge is 0.325 e. The number of nitrogens with zero attached hydrogens (tertiary/aromatic N) is 1. The van der Waals surface area contributed by atoms with E-state index in [2.05, 4.69) is 17.1 Å². The number of likely N-dealkylation sites (N-methyl/N-ethyl adjacent to an activating group) is 1. The van der Waals surface area contributed by atoms with Crippen molar-refractivity contribution in [1.29, 1.82) is 0 Å². The number of carbonyl (C=O) groups excluding carboxylic acids is 1. The van der Waals surface area contributed by atoms with E-state index in [-0.39, 0.29) is 12.0 Å². The number of esters is 1. The molecule has 0 heterocycles. The van der Waals surface area contributed by atoms with E-state index < -0.39 is 5.54 Å². The summed E-state index contributed by atoms with van der Waals surface area (Å²) in [6, 6.07) is 0.272. The molecular weight excluding hydrogens is 260 g/mol. The standard InChI is InChI=1S/C14H30N2O4/c1-12(11-19-5)16(9-10-18-4)8-7-14(2,15-3)13(17)20-6/h12,15H,7-11H2,1-6H3. The average molecular weight is 290 g/mol. The van der Waals surface area contributed by atoms with Crippen molar-refractivity contribution in [3.63, 3.8) is 0 Å². The lowest BCUT2D eigenvalue weighted by molar-refractivity contribution is -0.148. The summed E-state index contributed by atoms with van der Waals surface area (Å²) in [6.45, 7) is 6.84. The summed E-state index contributed by atoms with van der Waals surface area (Å²) in [5.41, 5.74) is -0.674. The zero-order valence-electron chi connectivity index (χ0n) is 13.7. The Kier molecular flexibility index (Phi) is 9.75. The normalized spacial score (nSPS) is 15.9. The van der Waals surface area contributed by atoms with Gasteiger partial charge in [0, 0.05) is 33.4 Å². The van der Waals surface area contributed by atoms with E-state index in [4.69, 9.17) is 14.2 Å². The fourth-order valence-corrected chi connectivity index (χ4v) is 2.03. The minimum absolute atomic E-state index is 0.244. The van der Waals surface area contributed by atoms with E-state index >= 15 is 0 Å². The molecule has 0 saturated heterocycles. The van der Waals surface area contributed by atoms with Crippen molar-refractivity contribution >= 4 is 5.97 Å². The summed E-state index contributed by atoms with van der Waals surface area (Å²) < 4.78 is 15.2. The first kappa shape index (κ1) is 19.3. The van der Waals surface area contributed by atoms with Gasteiger partial charge in [0.1, 0.15) is 5.54 Å². The van der Waals surface area contributed by atoms with Gasteiger partial charge in [0.15, 0.2) is 0 Å². The Morgan fingerprint density at radius 1 is 1.25 bits per heavy atom. The maximum Gasteiger partial charge on any atom is 0.325 e. The highest BCUT2D eigenvalue weighted by atomic mass is 16.5. The quantitative estimate of drug-likeness (QED) is 0.560. The molecule has 0 aromatic carbocycles. The van der Waals surface area contributed by atoms with Crippen molar-refractivity contribution in [3.8, 4) is 0 Å². The van der Waals surface area contributed by atoms with Gasteiger partial charge in [-0.15, -0.1) is 0 Å². The summed E-state index contributed by atoms with van der Waals surface area (Å²) in [6.07, 6.45) is 0.661. The molecule has 20 heavy (non-hydrogen) atoms. The van der Waals surface area contributed by atoms with Crippen LogP contribution in [0.3, 0.4) is 0 Å². The molecule has 0 aromatic rings. The summed E-state index contributed by atoms with van der Waals surface area (Å²) >= 11 is 0. The Bertz CT molecular complexity index is 276. The topological polar surface area (TPSA) is 60.0 Å². The monoisotopic (exact) mass is 290 g/mol. The lowest BCUT2D eigenvalue weighted by Gasteiger charge is -2.33. The fraction of sp³-hybridized carbons (Fsp3) is 0.929. The molecule has 0 bridgehead atoms. The van der Waals surface area contributed by atoms with Crippen LogP contribution >= 0.6 is 0 Å². The Morgan fingerprint density at radius 2 is 1.90 bits per heavy atom. The van der Waals surface area contributed by atoms with E-state index in [1.165, 1.54) is 7.11 Å². The van der Waals surface area contributed by atoms with Crippen molar-refractivity contribution in [3.05, 3.63) is 0 Å². The van der Waals surface area contributed by atoms with Gasteiger partial charge in [0.2, 0.25) is 0 Å². The summed E-state index contributed by atoms with van der Waals surface area (Å²) in [5, 5.41) is 3.05. The predicted octanol–water partition coefficient (Wildman–Crippen LogP) is 0.511. The molecule has 0 rings (SSSR count). The second kappa shape index (κ2) is 10.1. The fourth-order valence-electron chi connectivity index (χ4n) is 2.03. The van der Waals surface area contributed by atoms with Crippen molar-refractivity contribution in [2.45, 2.75) is 31.8 Å². The first-order valence-electron chi connectivity index (χ1n) is 6.94. The number of methoxy groups -OCH3 is 3. The number of ether oxygens (including phenoxy) is 3. The van der Waals surface area contributed by atoms with Crippen molar-refractivity contribution in [2.24, 2.45) is 0 Å². The van der Waals surface area contributed by atoms with Crippen LogP contribution in [0.5, 0.6) is 0 Å². The van der Waals surface area contributed by atoms with Gasteiger partial charge in [-0.05, 0) is 27.3 Å². The van der Waals surface area contributed by atoms with E-state index in [1.807, 2.05) is 6.92 Å². The second-order valence-corrected chi connectivity index (χ2v) is 5.16. The first-order chi connectivity index (χ1) is 9.45. The van der Waals surface area contributed by atoms with Crippen LogP contribution < -0.4 is 5.32 Å². The van der Waals surface area contributed by atoms with Gasteiger partial charge in [0.05, 0.1) is 20.3 Å². The van der Waals surface area contributed by atoms with E-state index in [9.17, 15) is 4.79 Å². The van der Waals surface area contributed by atoms with Crippen LogP contribution in [0.4, 0.5) is 0 Å². The van der Waals surface area contributed by atoms with E-state index in [0.717, 1.165) is 13.1 Å². The molecule has 0 amide bonds. The molecule has 0 aliphatic rings. The van der Waals surface area contributed by atoms with Gasteiger partial charge in [0.25, 0.3) is 0 Å². The highest BCUT2D eigenvalue weighted by Crippen LogP contribution is 2.13. The third-order valence-corrected chi connectivity index (χ3v) is 3.70. The zero-order chi connectivity index (χ0) is 15.6. The molecule has 0 aliphatic carbocycles. The Balaban J connectivity index is 4.59. The molecule has 0 saturated carbocycles. The van der Waals surface area contributed by atoms with Crippen LogP contribution in [0.15, 0.2) is 0 Å². The van der Waals surface area contributed by atoms with Gasteiger partial charge in [-0.2, -0.15) is 0 Å². The highest BCUT2D eigenvalue weighted by Gasteiger charge is 2.33. The molecule has 0 radical (unpaired) electrons. The minimum atomic E-state index is -0.674. The Morgan fingerprint density at radius 3 is 2.35 bits per heavy atom. The van der Waals surface area contributed by atoms with Crippen LogP contribution in [0, 0.1) is 0 Å². The first-order valence-corrected chi connectivity index (χ1v) is 6.94. The lowest BCUT2D eigenvalue weighted by Crippen LogP contribution is -2.51. The number of hydrogen-bond acceptors (Lipinski definition) is 6. The number of hydrogen-bond donors (Lipinski definition) is 1. The minimum Gasteiger partial charge on any atom is -0.468 e. The third-order valence-electron chi connectivity index (χ3n) is 3.70. The summed E-state index contributed by atoms with van der Waals surface area (Å²) in [7, 11) is 6.56. The summed E-state index contributed by atoms with van der Waals surface area (Å²) in [4.78, 5) is 14.1. The maximum atomic E-state index is 11.8. The predicted molar refractivity (Wildman–Crippen MR) is 78.9 cm³/mol. The van der Waals surface area contributed by atoms with Crippen molar-refractivity contribution < 1.29 is 19.0 Å². The Hall–Kier alpha value is -0.690. The third kappa shape index (κ3) is 6.17. The zero-order valence-corrected chi connectivity index (χ0v) is 13.7. The van der Waals surface area contributed by atoms with Gasteiger partial charge in [-0.1, -0.05) is 0 Å². The number of nitrogens with one attached hydrogen (secondary N) is 1. The van der Waals surface area contributed by atoms with E-state index in [1.54, 1.807) is 21.3 Å². The van der Waals surface area contributed by atoms with Crippen molar-refractivity contribution in [2.75, 3.05) is 54.7 Å². The van der Waals surface area contributed by atoms with Gasteiger partial charge in [-0.25, -0.2) is 0 Å². The maximum absolute atomic E-state index is 11.8. The van der Waals surface area contributed by atoms with Gasteiger partial charge in [-0.3, -0.25) is 9.69 Å². The van der Waals surface area contributed by atoms with E-state index in [0.29, 0.717) is 19.6 Å². The summed E-state index contributed by atoms with van der Waals surface area (Å²) in [5.74, 6) is -0.244. The Labute approximate surface area is 122 Å². The SMILES string of the molecule is CNC(C)(CCN(CCOC)C(C)COC)C(=O)OC. The molecule has 120 valence electrons. The average Bonchev–Trinajstić information content (AvgIpc) is 2.46. The molecule has 0 fully saturated rings. The molecule has 0 aliphatic heterocycles. The van der Waals surface area contributed by atoms with Crippen LogP contribution in [-0.2, 0) is 19.0 Å². The second-order valence-electron chi connectivity index (χ2n) is 5.16.